The number of aryl methyl sites for hydroxylation is 1. The first-order valence-electron chi connectivity index (χ1n) is 4.47. The number of allylic oxidation sites excluding steroid dienone is 1. The molecule has 0 amide bonds. The lowest BCUT2D eigenvalue weighted by Crippen LogP contribution is -1.95. The minimum Gasteiger partial charge on any atom is -0.469 e. The van der Waals surface area contributed by atoms with Gasteiger partial charge in [0.1, 0.15) is 5.76 Å². The Kier molecular flexibility index (Phi) is 3.32. The summed E-state index contributed by atoms with van der Waals surface area (Å²) in [4.78, 5) is 0. The molecule has 0 saturated carbocycles. The quantitative estimate of drug-likeness (QED) is 0.722. The van der Waals surface area contributed by atoms with E-state index in [0.717, 1.165) is 23.3 Å². The second kappa shape index (κ2) is 4.28. The third-order valence-corrected chi connectivity index (χ3v) is 1.98. The molecule has 1 unspecified atom stereocenters. The summed E-state index contributed by atoms with van der Waals surface area (Å²) in [5.74, 6) is 0.837. The highest BCUT2D eigenvalue weighted by molar-refractivity contribution is 5.14. The van der Waals surface area contributed by atoms with Crippen LogP contribution in [0, 0.1) is 6.92 Å². The molecule has 1 rings (SSSR count). The van der Waals surface area contributed by atoms with Crippen LogP contribution in [0.2, 0.25) is 0 Å². The maximum absolute atomic E-state index is 9.68. The molecule has 0 aliphatic heterocycles. The fourth-order valence-electron chi connectivity index (χ4n) is 1.19. The lowest BCUT2D eigenvalue weighted by Gasteiger charge is -2.06. The number of hydrogen-bond donors (Lipinski definition) is 1. The van der Waals surface area contributed by atoms with Crippen molar-refractivity contribution in [2.45, 2.75) is 32.8 Å². The van der Waals surface area contributed by atoms with Crippen LogP contribution >= 0.6 is 0 Å². The van der Waals surface area contributed by atoms with Crippen LogP contribution in [0.5, 0.6) is 0 Å². The van der Waals surface area contributed by atoms with E-state index in [4.69, 9.17) is 4.42 Å². The Balaban J connectivity index is 2.48. The van der Waals surface area contributed by atoms with Crippen LogP contribution in [-0.2, 0) is 0 Å². The van der Waals surface area contributed by atoms with Crippen LogP contribution in [0.4, 0.5) is 0 Å². The van der Waals surface area contributed by atoms with E-state index < -0.39 is 6.10 Å². The van der Waals surface area contributed by atoms with E-state index >= 15 is 0 Å². The van der Waals surface area contributed by atoms with E-state index in [-0.39, 0.29) is 0 Å². The van der Waals surface area contributed by atoms with Gasteiger partial charge in [-0.05, 0) is 32.8 Å². The van der Waals surface area contributed by atoms with Crippen molar-refractivity contribution < 1.29 is 9.52 Å². The summed E-state index contributed by atoms with van der Waals surface area (Å²) < 4.78 is 5.11. The van der Waals surface area contributed by atoms with Crippen molar-refractivity contribution >= 4 is 0 Å². The van der Waals surface area contributed by atoms with Crippen molar-refractivity contribution in [2.24, 2.45) is 0 Å². The highest BCUT2D eigenvalue weighted by atomic mass is 16.3. The fraction of sp³-hybridized carbons (Fsp3) is 0.455. The first-order valence-corrected chi connectivity index (χ1v) is 4.47. The van der Waals surface area contributed by atoms with E-state index in [9.17, 15) is 5.11 Å². The van der Waals surface area contributed by atoms with Gasteiger partial charge in [-0.25, -0.2) is 0 Å². The zero-order valence-electron chi connectivity index (χ0n) is 8.21. The second-order valence-electron chi connectivity index (χ2n) is 3.50. The first kappa shape index (κ1) is 10.1. The minimum absolute atomic E-state index is 0.422. The van der Waals surface area contributed by atoms with E-state index in [2.05, 4.69) is 6.58 Å². The topological polar surface area (TPSA) is 33.4 Å². The van der Waals surface area contributed by atoms with E-state index in [0.29, 0.717) is 6.42 Å². The van der Waals surface area contributed by atoms with E-state index in [1.54, 1.807) is 6.26 Å². The van der Waals surface area contributed by atoms with Gasteiger partial charge in [-0.15, -0.1) is 6.58 Å². The van der Waals surface area contributed by atoms with Gasteiger partial charge in [-0.2, -0.15) is 0 Å². The highest BCUT2D eigenvalue weighted by Gasteiger charge is 2.09. The van der Waals surface area contributed by atoms with Gasteiger partial charge < -0.3 is 9.52 Å². The van der Waals surface area contributed by atoms with Crippen molar-refractivity contribution in [1.29, 1.82) is 0 Å². The maximum Gasteiger partial charge on any atom is 0.101 e. The van der Waals surface area contributed by atoms with Gasteiger partial charge in [0.15, 0.2) is 0 Å². The average molecular weight is 180 g/mol. The van der Waals surface area contributed by atoms with Crippen LogP contribution in [0.3, 0.4) is 0 Å². The number of rotatable bonds is 4. The highest BCUT2D eigenvalue weighted by Crippen LogP contribution is 2.21. The standard InChI is InChI=1S/C11H16O2/c1-8(2)4-5-11(12)10-6-9(3)13-7-10/h6-7,11-12H,1,4-5H2,2-3H3. The molecule has 0 aliphatic rings. The zero-order chi connectivity index (χ0) is 9.84. The summed E-state index contributed by atoms with van der Waals surface area (Å²) in [6.45, 7) is 7.63. The number of furan rings is 1. The molecule has 1 atom stereocenters. The Hall–Kier alpha value is -1.02. The molecule has 0 spiro atoms. The summed E-state index contributed by atoms with van der Waals surface area (Å²) in [5, 5.41) is 9.68. The monoisotopic (exact) mass is 180 g/mol. The van der Waals surface area contributed by atoms with Crippen LogP contribution in [0.15, 0.2) is 28.9 Å². The van der Waals surface area contributed by atoms with Gasteiger partial charge in [0.05, 0.1) is 12.4 Å². The number of aliphatic hydroxyl groups excluding tert-OH is 1. The Labute approximate surface area is 78.9 Å². The van der Waals surface area contributed by atoms with Crippen molar-refractivity contribution in [2.75, 3.05) is 0 Å². The molecule has 2 nitrogen and oxygen atoms in total. The summed E-state index contributed by atoms with van der Waals surface area (Å²) in [7, 11) is 0. The Morgan fingerprint density at radius 3 is 2.85 bits per heavy atom. The molecule has 0 aliphatic carbocycles. The van der Waals surface area contributed by atoms with Gasteiger partial charge >= 0.3 is 0 Å². The van der Waals surface area contributed by atoms with Crippen LogP contribution in [-0.4, -0.2) is 5.11 Å². The molecule has 1 aromatic rings. The molecule has 72 valence electrons. The average Bonchev–Trinajstić information content (AvgIpc) is 2.47. The van der Waals surface area contributed by atoms with E-state index in [1.165, 1.54) is 0 Å². The van der Waals surface area contributed by atoms with Crippen molar-refractivity contribution in [1.82, 2.24) is 0 Å². The molecule has 0 aromatic carbocycles. The zero-order valence-corrected chi connectivity index (χ0v) is 8.21. The fourth-order valence-corrected chi connectivity index (χ4v) is 1.19. The predicted molar refractivity (Wildman–Crippen MR) is 52.5 cm³/mol. The number of aliphatic hydroxyl groups is 1. The maximum atomic E-state index is 9.68. The number of hydrogen-bond acceptors (Lipinski definition) is 2. The largest absolute Gasteiger partial charge is 0.469 e. The van der Waals surface area contributed by atoms with Crippen molar-refractivity contribution in [3.8, 4) is 0 Å². The molecular formula is C11H16O2. The second-order valence-corrected chi connectivity index (χ2v) is 3.50. The Bertz CT molecular complexity index is 286. The summed E-state index contributed by atoms with van der Waals surface area (Å²) >= 11 is 0. The molecule has 0 bridgehead atoms. The lowest BCUT2D eigenvalue weighted by atomic mass is 10.1. The Morgan fingerprint density at radius 1 is 1.69 bits per heavy atom. The van der Waals surface area contributed by atoms with E-state index in [1.807, 2.05) is 19.9 Å². The van der Waals surface area contributed by atoms with Gasteiger partial charge in [-0.1, -0.05) is 5.57 Å². The minimum atomic E-state index is -0.422. The van der Waals surface area contributed by atoms with Crippen LogP contribution in [0.1, 0.15) is 37.2 Å². The molecule has 1 heterocycles. The molecule has 0 saturated heterocycles. The summed E-state index contributed by atoms with van der Waals surface area (Å²) in [6.07, 6.45) is 2.76. The third kappa shape index (κ3) is 3.07. The van der Waals surface area contributed by atoms with Crippen LogP contribution in [0.25, 0.3) is 0 Å². The molecular weight excluding hydrogens is 164 g/mol. The normalized spacial score (nSPS) is 12.8. The predicted octanol–water partition coefficient (Wildman–Crippen LogP) is 2.98. The van der Waals surface area contributed by atoms with Gasteiger partial charge in [0.2, 0.25) is 0 Å². The van der Waals surface area contributed by atoms with Crippen molar-refractivity contribution in [3.05, 3.63) is 35.8 Å². The van der Waals surface area contributed by atoms with Gasteiger partial charge in [0, 0.05) is 5.56 Å². The molecule has 0 radical (unpaired) electrons. The molecule has 0 fully saturated rings. The van der Waals surface area contributed by atoms with Gasteiger partial charge in [-0.3, -0.25) is 0 Å². The summed E-state index contributed by atoms with van der Waals surface area (Å²) in [5.41, 5.74) is 1.96. The lowest BCUT2D eigenvalue weighted by molar-refractivity contribution is 0.167. The molecule has 1 aromatic heterocycles. The third-order valence-electron chi connectivity index (χ3n) is 1.98. The van der Waals surface area contributed by atoms with Crippen molar-refractivity contribution in [3.63, 3.8) is 0 Å². The molecule has 2 heteroatoms. The smallest absolute Gasteiger partial charge is 0.101 e. The van der Waals surface area contributed by atoms with Crippen LogP contribution < -0.4 is 0 Å². The first-order chi connectivity index (χ1) is 6.09. The van der Waals surface area contributed by atoms with Gasteiger partial charge in [0.25, 0.3) is 0 Å². The SMILES string of the molecule is C=C(C)CCC(O)c1coc(C)c1. The molecule has 1 N–H and O–H groups in total. The molecule has 13 heavy (non-hydrogen) atoms. The Morgan fingerprint density at radius 2 is 2.38 bits per heavy atom. The summed E-state index contributed by atoms with van der Waals surface area (Å²) in [6, 6.07) is 1.86.